The van der Waals surface area contributed by atoms with Gasteiger partial charge in [-0.15, -0.1) is 0 Å². The number of hydrogen-bond acceptors (Lipinski definition) is 4. The Morgan fingerprint density at radius 3 is 2.45 bits per heavy atom. The highest BCUT2D eigenvalue weighted by Crippen LogP contribution is 2.15. The highest BCUT2D eigenvalue weighted by atomic mass is 16.2. The molecule has 0 radical (unpaired) electrons. The van der Waals surface area contributed by atoms with E-state index in [4.69, 9.17) is 5.73 Å². The zero-order chi connectivity index (χ0) is 16.1. The maximum Gasteiger partial charge on any atom is 0.253 e. The van der Waals surface area contributed by atoms with Gasteiger partial charge in [-0.25, -0.2) is 0 Å². The average molecular weight is 298 g/mol. The second-order valence-corrected chi connectivity index (χ2v) is 5.04. The zero-order valence-corrected chi connectivity index (χ0v) is 12.5. The van der Waals surface area contributed by atoms with Gasteiger partial charge >= 0.3 is 0 Å². The molecule has 3 N–H and O–H groups in total. The van der Waals surface area contributed by atoms with Crippen molar-refractivity contribution in [2.24, 2.45) is 5.73 Å². The van der Waals surface area contributed by atoms with Crippen molar-refractivity contribution in [1.82, 2.24) is 9.88 Å². The summed E-state index contributed by atoms with van der Waals surface area (Å²) in [6.45, 7) is 0.515. The van der Waals surface area contributed by atoms with Crippen LogP contribution in [0.25, 0.3) is 0 Å². The van der Waals surface area contributed by atoms with Crippen LogP contribution in [0.15, 0.2) is 42.7 Å². The molecule has 1 heterocycles. The minimum absolute atomic E-state index is 0.0374. The van der Waals surface area contributed by atoms with E-state index in [-0.39, 0.29) is 5.91 Å². The lowest BCUT2D eigenvalue weighted by molar-refractivity contribution is 0.0827. The van der Waals surface area contributed by atoms with Gasteiger partial charge in [-0.1, -0.05) is 12.1 Å². The quantitative estimate of drug-likeness (QED) is 0.875. The summed E-state index contributed by atoms with van der Waals surface area (Å²) in [5.74, 6) is -0.563. The van der Waals surface area contributed by atoms with Gasteiger partial charge in [-0.2, -0.15) is 0 Å². The number of amides is 2. The molecule has 0 bridgehead atoms. The number of nitrogens with two attached hydrogens (primary N) is 1. The summed E-state index contributed by atoms with van der Waals surface area (Å²) in [5.41, 5.74) is 7.91. The molecule has 2 rings (SSSR count). The number of nitrogens with one attached hydrogen (secondary N) is 1. The summed E-state index contributed by atoms with van der Waals surface area (Å²) in [6, 6.07) is 9.00. The fraction of sp³-hybridized carbons (Fsp3) is 0.188. The summed E-state index contributed by atoms with van der Waals surface area (Å²) in [5, 5.41) is 3.15. The average Bonchev–Trinajstić information content (AvgIpc) is 2.52. The molecular formula is C16H18N4O2. The Labute approximate surface area is 129 Å². The summed E-state index contributed by atoms with van der Waals surface area (Å²) < 4.78 is 0. The van der Waals surface area contributed by atoms with Gasteiger partial charge < -0.3 is 16.0 Å². The van der Waals surface area contributed by atoms with E-state index in [9.17, 15) is 9.59 Å². The van der Waals surface area contributed by atoms with Crippen molar-refractivity contribution in [3.8, 4) is 0 Å². The van der Waals surface area contributed by atoms with Gasteiger partial charge in [0.15, 0.2) is 0 Å². The molecule has 6 heteroatoms. The van der Waals surface area contributed by atoms with Crippen LogP contribution in [-0.4, -0.2) is 35.8 Å². The molecule has 114 valence electrons. The van der Waals surface area contributed by atoms with E-state index in [2.05, 4.69) is 10.3 Å². The van der Waals surface area contributed by atoms with E-state index in [1.165, 1.54) is 11.1 Å². The molecule has 0 saturated heterocycles. The smallest absolute Gasteiger partial charge is 0.253 e. The third-order valence-corrected chi connectivity index (χ3v) is 3.18. The number of pyridine rings is 1. The third kappa shape index (κ3) is 3.60. The van der Waals surface area contributed by atoms with Crippen LogP contribution in [0.4, 0.5) is 5.69 Å². The molecular weight excluding hydrogens is 280 g/mol. The molecule has 0 atom stereocenters. The van der Waals surface area contributed by atoms with Crippen molar-refractivity contribution >= 4 is 17.5 Å². The Bertz CT molecular complexity index is 681. The minimum atomic E-state index is -0.525. The molecule has 0 unspecified atom stereocenters. The Kier molecular flexibility index (Phi) is 4.73. The first kappa shape index (κ1) is 15.5. The number of primary amides is 1. The zero-order valence-electron chi connectivity index (χ0n) is 12.5. The van der Waals surface area contributed by atoms with Crippen LogP contribution in [0.5, 0.6) is 0 Å². The Hall–Kier alpha value is -2.89. The molecule has 6 nitrogen and oxygen atoms in total. The fourth-order valence-electron chi connectivity index (χ4n) is 1.97. The molecule has 1 aromatic heterocycles. The Morgan fingerprint density at radius 1 is 1.18 bits per heavy atom. The van der Waals surface area contributed by atoms with Gasteiger partial charge in [-0.05, 0) is 23.8 Å². The minimum Gasteiger partial charge on any atom is -0.380 e. The molecule has 0 aliphatic rings. The van der Waals surface area contributed by atoms with Crippen molar-refractivity contribution < 1.29 is 9.59 Å². The molecule has 0 aliphatic heterocycles. The molecule has 22 heavy (non-hydrogen) atoms. The molecule has 0 spiro atoms. The first-order valence-electron chi connectivity index (χ1n) is 6.77. The summed E-state index contributed by atoms with van der Waals surface area (Å²) in [6.07, 6.45) is 3.02. The summed E-state index contributed by atoms with van der Waals surface area (Å²) >= 11 is 0. The van der Waals surface area contributed by atoms with E-state index in [1.807, 2.05) is 12.1 Å². The number of carbonyl (C=O) groups excluding carboxylic acids is 2. The Morgan fingerprint density at radius 2 is 1.86 bits per heavy atom. The van der Waals surface area contributed by atoms with Crippen LogP contribution in [0, 0.1) is 0 Å². The molecule has 0 fully saturated rings. The van der Waals surface area contributed by atoms with Crippen LogP contribution >= 0.6 is 0 Å². The monoisotopic (exact) mass is 298 g/mol. The van der Waals surface area contributed by atoms with Crippen molar-refractivity contribution in [3.05, 3.63) is 59.4 Å². The summed E-state index contributed by atoms with van der Waals surface area (Å²) in [7, 11) is 3.43. The van der Waals surface area contributed by atoms with Crippen LogP contribution < -0.4 is 11.1 Å². The molecule has 0 saturated carbocycles. The van der Waals surface area contributed by atoms with Crippen LogP contribution in [0.3, 0.4) is 0 Å². The van der Waals surface area contributed by atoms with E-state index >= 15 is 0 Å². The van der Waals surface area contributed by atoms with Crippen molar-refractivity contribution in [2.75, 3.05) is 19.4 Å². The van der Waals surface area contributed by atoms with Crippen molar-refractivity contribution in [3.63, 3.8) is 0 Å². The van der Waals surface area contributed by atoms with Gasteiger partial charge in [0.1, 0.15) is 0 Å². The number of anilines is 1. The predicted octanol–water partition coefficient (Wildman–Crippen LogP) is 1.49. The lowest BCUT2D eigenvalue weighted by Gasteiger charge is -2.12. The van der Waals surface area contributed by atoms with Crippen LogP contribution in [0.2, 0.25) is 0 Å². The topological polar surface area (TPSA) is 88.3 Å². The number of rotatable bonds is 5. The molecule has 1 aromatic carbocycles. The van der Waals surface area contributed by atoms with Gasteiger partial charge in [-0.3, -0.25) is 14.6 Å². The van der Waals surface area contributed by atoms with E-state index in [0.29, 0.717) is 23.4 Å². The van der Waals surface area contributed by atoms with Crippen molar-refractivity contribution in [2.45, 2.75) is 6.54 Å². The fourth-order valence-corrected chi connectivity index (χ4v) is 1.97. The first-order valence-corrected chi connectivity index (χ1v) is 6.77. The lowest BCUT2D eigenvalue weighted by atomic mass is 10.1. The number of carbonyl (C=O) groups is 2. The van der Waals surface area contributed by atoms with Gasteiger partial charge in [0.2, 0.25) is 0 Å². The van der Waals surface area contributed by atoms with E-state index in [1.54, 1.807) is 38.5 Å². The van der Waals surface area contributed by atoms with E-state index in [0.717, 1.165) is 5.56 Å². The normalized spacial score (nSPS) is 10.1. The third-order valence-electron chi connectivity index (χ3n) is 3.18. The highest BCUT2D eigenvalue weighted by Gasteiger charge is 2.09. The highest BCUT2D eigenvalue weighted by molar-refractivity contribution is 5.98. The van der Waals surface area contributed by atoms with Gasteiger partial charge in [0, 0.05) is 38.6 Å². The number of aromatic nitrogens is 1. The van der Waals surface area contributed by atoms with E-state index < -0.39 is 5.91 Å². The van der Waals surface area contributed by atoms with Crippen LogP contribution in [0.1, 0.15) is 26.3 Å². The van der Waals surface area contributed by atoms with Gasteiger partial charge in [0.05, 0.1) is 11.3 Å². The molecule has 2 amide bonds. The first-order chi connectivity index (χ1) is 10.5. The Balaban J connectivity index is 2.07. The number of hydrogen-bond donors (Lipinski definition) is 2. The van der Waals surface area contributed by atoms with Crippen molar-refractivity contribution in [1.29, 1.82) is 0 Å². The predicted molar refractivity (Wildman–Crippen MR) is 84.5 cm³/mol. The van der Waals surface area contributed by atoms with Gasteiger partial charge in [0.25, 0.3) is 11.8 Å². The maximum atomic E-state index is 11.8. The molecule has 0 aliphatic carbocycles. The number of benzene rings is 1. The maximum absolute atomic E-state index is 11.8. The number of nitrogens with zero attached hydrogens (tertiary/aromatic N) is 2. The lowest BCUT2D eigenvalue weighted by Crippen LogP contribution is -2.21. The largest absolute Gasteiger partial charge is 0.380 e. The van der Waals surface area contributed by atoms with Crippen LogP contribution in [-0.2, 0) is 6.54 Å². The standard InChI is InChI=1S/C16H18N4O2/c1-20(2)16(22)12-5-3-11(4-6-12)9-19-14-7-8-18-10-13(14)15(17)21/h3-8,10H,9H2,1-2H3,(H2,17,21)(H,18,19). The second kappa shape index (κ2) is 6.71. The second-order valence-electron chi connectivity index (χ2n) is 5.04. The summed E-state index contributed by atoms with van der Waals surface area (Å²) in [4.78, 5) is 28.5. The molecule has 2 aromatic rings. The SMILES string of the molecule is CN(C)C(=O)c1ccc(CNc2ccncc2C(N)=O)cc1.